The summed E-state index contributed by atoms with van der Waals surface area (Å²) in [5.41, 5.74) is 7.72. The van der Waals surface area contributed by atoms with Crippen molar-refractivity contribution in [2.75, 3.05) is 52.2 Å². The molecule has 1 aromatic carbocycles. The molecule has 0 saturated carbocycles. The molecule has 8 nitrogen and oxygen atoms in total. The van der Waals surface area contributed by atoms with Crippen molar-refractivity contribution in [2.45, 2.75) is 13.3 Å². The van der Waals surface area contributed by atoms with E-state index < -0.39 is 23.1 Å². The molecule has 1 fully saturated rings. The Labute approximate surface area is 202 Å². The summed E-state index contributed by atoms with van der Waals surface area (Å²) >= 11 is 0. The van der Waals surface area contributed by atoms with Gasteiger partial charge in [-0.05, 0) is 30.7 Å². The van der Waals surface area contributed by atoms with Crippen molar-refractivity contribution in [3.05, 3.63) is 59.7 Å². The minimum atomic E-state index is -0.926. The molecule has 3 heterocycles. The number of hydrogen-bond donors (Lipinski definition) is 1. The standard InChI is InChI=1S/C25H28F2N6O2/c1-3-20-22(16-4-5-21(28)29-14-16)24(31-15-30-20)17-12-18(26)23(19(27)13-17)25(34)33-8-6-32(7-9-33)10-11-35-2/h4-5,12-15H,3,6-11H2,1-2H3,(H2,28,29). The summed E-state index contributed by atoms with van der Waals surface area (Å²) in [7, 11) is 1.63. The first-order valence-corrected chi connectivity index (χ1v) is 11.5. The summed E-state index contributed by atoms with van der Waals surface area (Å²) in [5, 5.41) is 0. The average molecular weight is 483 g/mol. The van der Waals surface area contributed by atoms with Crippen molar-refractivity contribution in [3.8, 4) is 22.4 Å². The van der Waals surface area contributed by atoms with E-state index in [-0.39, 0.29) is 5.56 Å². The van der Waals surface area contributed by atoms with E-state index in [9.17, 15) is 4.79 Å². The highest BCUT2D eigenvalue weighted by Crippen LogP contribution is 2.34. The first kappa shape index (κ1) is 24.6. The normalized spacial score (nSPS) is 14.3. The summed E-state index contributed by atoms with van der Waals surface area (Å²) in [5.74, 6) is -2.16. The fourth-order valence-corrected chi connectivity index (χ4v) is 4.23. The largest absolute Gasteiger partial charge is 0.384 e. The van der Waals surface area contributed by atoms with Crippen LogP contribution in [-0.4, -0.2) is 77.1 Å². The van der Waals surface area contributed by atoms with Crippen LogP contribution in [-0.2, 0) is 11.2 Å². The molecule has 10 heteroatoms. The smallest absolute Gasteiger partial charge is 0.259 e. The number of hydrogen-bond acceptors (Lipinski definition) is 7. The maximum absolute atomic E-state index is 15.2. The van der Waals surface area contributed by atoms with Gasteiger partial charge in [-0.3, -0.25) is 9.69 Å². The highest BCUT2D eigenvalue weighted by molar-refractivity contribution is 5.96. The van der Waals surface area contributed by atoms with Gasteiger partial charge in [0.2, 0.25) is 0 Å². The van der Waals surface area contributed by atoms with Gasteiger partial charge in [-0.2, -0.15) is 0 Å². The van der Waals surface area contributed by atoms with Crippen LogP contribution in [0.3, 0.4) is 0 Å². The quantitative estimate of drug-likeness (QED) is 0.553. The van der Waals surface area contributed by atoms with E-state index in [2.05, 4.69) is 19.9 Å². The number of nitrogens with zero attached hydrogens (tertiary/aromatic N) is 5. The van der Waals surface area contributed by atoms with Crippen LogP contribution in [0.25, 0.3) is 22.4 Å². The lowest BCUT2D eigenvalue weighted by Gasteiger charge is -2.34. The highest BCUT2D eigenvalue weighted by atomic mass is 19.1. The zero-order valence-corrected chi connectivity index (χ0v) is 19.8. The van der Waals surface area contributed by atoms with Crippen LogP contribution in [0, 0.1) is 11.6 Å². The number of anilines is 1. The van der Waals surface area contributed by atoms with Gasteiger partial charge in [-0.1, -0.05) is 6.92 Å². The zero-order valence-electron chi connectivity index (χ0n) is 19.8. The topological polar surface area (TPSA) is 97.5 Å². The number of pyridine rings is 1. The summed E-state index contributed by atoms with van der Waals surface area (Å²) in [6.45, 7) is 5.30. The minimum Gasteiger partial charge on any atom is -0.384 e. The number of aromatic nitrogens is 3. The van der Waals surface area contributed by atoms with E-state index in [4.69, 9.17) is 10.5 Å². The van der Waals surface area contributed by atoms with E-state index in [0.717, 1.165) is 18.7 Å². The van der Waals surface area contributed by atoms with Crippen LogP contribution in [0.4, 0.5) is 14.6 Å². The lowest BCUT2D eigenvalue weighted by atomic mass is 9.96. The Morgan fingerprint density at radius 3 is 2.37 bits per heavy atom. The number of aryl methyl sites for hydroxylation is 1. The van der Waals surface area contributed by atoms with Crippen molar-refractivity contribution in [2.24, 2.45) is 0 Å². The molecule has 1 amide bonds. The second-order valence-corrected chi connectivity index (χ2v) is 8.31. The minimum absolute atomic E-state index is 0.213. The van der Waals surface area contributed by atoms with E-state index in [1.165, 1.54) is 11.2 Å². The first-order valence-electron chi connectivity index (χ1n) is 11.5. The Morgan fingerprint density at radius 1 is 1.06 bits per heavy atom. The summed E-state index contributed by atoms with van der Waals surface area (Å²) in [4.78, 5) is 29.4. The Kier molecular flexibility index (Phi) is 7.62. The van der Waals surface area contributed by atoms with Gasteiger partial charge in [-0.25, -0.2) is 23.7 Å². The van der Waals surface area contributed by atoms with Gasteiger partial charge in [0, 0.05) is 62.7 Å². The molecule has 3 aromatic rings. The maximum Gasteiger partial charge on any atom is 0.259 e. The fourth-order valence-electron chi connectivity index (χ4n) is 4.23. The number of carbonyl (C=O) groups is 1. The van der Waals surface area contributed by atoms with Crippen LogP contribution in [0.5, 0.6) is 0 Å². The molecule has 1 aliphatic rings. The molecule has 184 valence electrons. The molecule has 35 heavy (non-hydrogen) atoms. The van der Waals surface area contributed by atoms with Gasteiger partial charge in [0.05, 0.1) is 18.0 Å². The molecule has 0 spiro atoms. The number of nitrogen functional groups attached to an aromatic ring is 1. The number of carbonyl (C=O) groups excluding carboxylic acids is 1. The van der Waals surface area contributed by atoms with Crippen LogP contribution in [0.1, 0.15) is 23.0 Å². The van der Waals surface area contributed by atoms with Gasteiger partial charge in [0.25, 0.3) is 5.91 Å². The molecule has 2 N–H and O–H groups in total. The first-order chi connectivity index (χ1) is 16.9. The van der Waals surface area contributed by atoms with Gasteiger partial charge in [0.15, 0.2) is 0 Å². The van der Waals surface area contributed by atoms with Crippen LogP contribution < -0.4 is 5.73 Å². The number of rotatable bonds is 7. The molecule has 0 unspecified atom stereocenters. The number of methoxy groups -OCH3 is 1. The van der Waals surface area contributed by atoms with E-state index in [0.29, 0.717) is 67.5 Å². The van der Waals surface area contributed by atoms with E-state index in [1.807, 2.05) is 6.92 Å². The van der Waals surface area contributed by atoms with Crippen molar-refractivity contribution in [1.82, 2.24) is 24.8 Å². The maximum atomic E-state index is 15.2. The van der Waals surface area contributed by atoms with Crippen LogP contribution in [0.15, 0.2) is 36.8 Å². The number of benzene rings is 1. The SMILES string of the molecule is CCc1ncnc(-c2cc(F)c(C(=O)N3CCN(CCOC)CC3)c(F)c2)c1-c1ccc(N)nc1. The molecule has 0 radical (unpaired) electrons. The van der Waals surface area contributed by atoms with Gasteiger partial charge in [-0.15, -0.1) is 0 Å². The van der Waals surface area contributed by atoms with Crippen molar-refractivity contribution >= 4 is 11.7 Å². The molecule has 4 rings (SSSR count). The number of ether oxygens (including phenoxy) is 1. The van der Waals surface area contributed by atoms with Gasteiger partial charge in [0.1, 0.15) is 29.3 Å². The van der Waals surface area contributed by atoms with Crippen molar-refractivity contribution in [3.63, 3.8) is 0 Å². The van der Waals surface area contributed by atoms with E-state index in [1.54, 1.807) is 25.4 Å². The Morgan fingerprint density at radius 2 is 1.77 bits per heavy atom. The molecule has 0 bridgehead atoms. The monoisotopic (exact) mass is 482 g/mol. The third kappa shape index (κ3) is 5.28. The second kappa shape index (κ2) is 10.8. The Hall–Kier alpha value is -3.50. The summed E-state index contributed by atoms with van der Waals surface area (Å²) in [6, 6.07) is 5.71. The van der Waals surface area contributed by atoms with Gasteiger partial charge >= 0.3 is 0 Å². The van der Waals surface area contributed by atoms with Crippen LogP contribution >= 0.6 is 0 Å². The average Bonchev–Trinajstić information content (AvgIpc) is 2.87. The molecule has 1 saturated heterocycles. The second-order valence-electron chi connectivity index (χ2n) is 8.31. The zero-order chi connectivity index (χ0) is 24.9. The molecular formula is C25H28F2N6O2. The third-order valence-electron chi connectivity index (χ3n) is 6.14. The number of piperazine rings is 1. The molecule has 1 aliphatic heterocycles. The lowest BCUT2D eigenvalue weighted by molar-refractivity contribution is 0.0585. The fraction of sp³-hybridized carbons (Fsp3) is 0.360. The predicted octanol–water partition coefficient (Wildman–Crippen LogP) is 3.03. The molecule has 0 aliphatic carbocycles. The number of amides is 1. The summed E-state index contributed by atoms with van der Waals surface area (Å²) in [6.07, 6.45) is 3.51. The van der Waals surface area contributed by atoms with Crippen LogP contribution in [0.2, 0.25) is 0 Å². The predicted molar refractivity (Wildman–Crippen MR) is 129 cm³/mol. The number of halogens is 2. The van der Waals surface area contributed by atoms with Crippen molar-refractivity contribution < 1.29 is 18.3 Å². The molecule has 0 atom stereocenters. The van der Waals surface area contributed by atoms with Crippen molar-refractivity contribution in [1.29, 1.82) is 0 Å². The van der Waals surface area contributed by atoms with E-state index >= 15 is 8.78 Å². The number of nitrogens with two attached hydrogens (primary N) is 1. The molecular weight excluding hydrogens is 454 g/mol. The van der Waals surface area contributed by atoms with Gasteiger partial charge < -0.3 is 15.4 Å². The Bertz CT molecular complexity index is 1170. The highest BCUT2D eigenvalue weighted by Gasteiger charge is 2.28. The summed E-state index contributed by atoms with van der Waals surface area (Å²) < 4.78 is 35.5. The third-order valence-corrected chi connectivity index (χ3v) is 6.14. The Balaban J connectivity index is 1.65. The lowest BCUT2D eigenvalue weighted by Crippen LogP contribution is -2.49. The molecule has 2 aromatic heterocycles.